The van der Waals surface area contributed by atoms with Crippen LogP contribution in [0.4, 0.5) is 0 Å². The molecule has 0 saturated carbocycles. The molecule has 10 nitrogen and oxygen atoms in total. The molecule has 0 radical (unpaired) electrons. The molecule has 0 atom stereocenters. The summed E-state index contributed by atoms with van der Waals surface area (Å²) >= 11 is 0. The van der Waals surface area contributed by atoms with Crippen molar-refractivity contribution in [2.75, 3.05) is 24.6 Å². The molecule has 0 heterocycles. The Bertz CT molecular complexity index is 1310. The van der Waals surface area contributed by atoms with E-state index in [2.05, 4.69) is 24.2 Å². The number of hydrogen-bond acceptors (Lipinski definition) is 8. The Morgan fingerprint density at radius 2 is 0.800 bits per heavy atom. The number of unbranched alkanes of at least 4 members (excludes halogenated alkanes) is 36. The molecule has 0 fully saturated rings. The number of nitrogens with zero attached hydrogens (tertiary/aromatic N) is 1. The van der Waals surface area contributed by atoms with E-state index in [-0.39, 0.29) is 74.0 Å². The first-order valence-electron chi connectivity index (χ1n) is 26.6. The second-order valence-corrected chi connectivity index (χ2v) is 21.3. The van der Waals surface area contributed by atoms with Crippen LogP contribution in [0.3, 0.4) is 0 Å². The average molecular weight is 986 g/mol. The molecule has 0 saturated heterocycles. The first-order chi connectivity index (χ1) is 30.9. The minimum Gasteiger partial charge on any atom is -0.859 e. The molecule has 13 heteroatoms. The van der Waals surface area contributed by atoms with Crippen LogP contribution in [0, 0.1) is 0 Å². The molecule has 380 valence electrons. The number of hydrogen-bond donors (Lipinski definition) is 2. The second kappa shape index (κ2) is 54.4. The Hall–Kier alpha value is -0.500. The third-order valence-electron chi connectivity index (χ3n) is 11.7. The van der Waals surface area contributed by atoms with Gasteiger partial charge in [-0.2, -0.15) is 8.42 Å². The number of rotatable bonds is 48. The number of carbonyl (C=O) groups is 1. The molecule has 0 bridgehead atoms. The number of allylic oxidation sites excluding steroid dienone is 2. The molecule has 65 heavy (non-hydrogen) atoms. The van der Waals surface area contributed by atoms with E-state index in [0.717, 1.165) is 25.7 Å². The zero-order chi connectivity index (χ0) is 47.5. The summed E-state index contributed by atoms with van der Waals surface area (Å²) in [4.78, 5) is 15.5. The SMILES string of the molecule is CCCCCCCCCCCCCCCCCCC/C=C/C(=O)NCCCCS(=O)(=O)O.CCCCCCCCCCCCCCCCCCC/C=C/C([O-])=NCCCCS(=O)(=O)[O-].[Ca+2]. The molecule has 0 aliphatic carbocycles. The van der Waals surface area contributed by atoms with Crippen molar-refractivity contribution < 1.29 is 35.8 Å². The van der Waals surface area contributed by atoms with Gasteiger partial charge in [-0.25, -0.2) is 8.42 Å². The third-order valence-corrected chi connectivity index (χ3v) is 13.3. The van der Waals surface area contributed by atoms with E-state index < -0.39 is 20.2 Å². The minimum absolute atomic E-state index is 0. The smallest absolute Gasteiger partial charge is 0.859 e. The Kier molecular flexibility index (Phi) is 57.6. The van der Waals surface area contributed by atoms with Crippen molar-refractivity contribution in [2.45, 2.75) is 271 Å². The summed E-state index contributed by atoms with van der Waals surface area (Å²) in [6, 6.07) is 0. The predicted molar refractivity (Wildman–Crippen MR) is 276 cm³/mol. The molecule has 1 amide bonds. The summed E-state index contributed by atoms with van der Waals surface area (Å²) in [5.74, 6) is -1.05. The second-order valence-electron chi connectivity index (χ2n) is 18.2. The standard InChI is InChI=1S/2C26H51NO4S.Ca/c2*1-2-3-4-5-6-7-8-9-10-11-12-13-14-15-16-17-18-19-20-23-26(28)27-24-21-22-25-32(29,30)31;/h2*20,23H,2-19,21-22,24-25H2,1H3,(H,27,28)(H,29,30,31);/q;;+2/p-2/b2*23-20+;. The van der Waals surface area contributed by atoms with E-state index in [0.29, 0.717) is 25.8 Å². The van der Waals surface area contributed by atoms with Crippen LogP contribution < -0.4 is 10.4 Å². The van der Waals surface area contributed by atoms with Crippen LogP contribution in [0.5, 0.6) is 0 Å². The maximum Gasteiger partial charge on any atom is 2.00 e. The summed E-state index contributed by atoms with van der Waals surface area (Å²) in [7, 11) is -8.05. The Labute approximate surface area is 432 Å². The molecule has 0 aliphatic rings. The van der Waals surface area contributed by atoms with E-state index in [1.807, 2.05) is 12.2 Å². The van der Waals surface area contributed by atoms with Gasteiger partial charge in [-0.15, -0.1) is 0 Å². The minimum atomic E-state index is -4.16. The van der Waals surface area contributed by atoms with Crippen molar-refractivity contribution in [3.8, 4) is 0 Å². The van der Waals surface area contributed by atoms with Gasteiger partial charge in [0, 0.05) is 18.8 Å². The first kappa shape index (κ1) is 68.8. The summed E-state index contributed by atoms with van der Waals surface area (Å²) in [5.41, 5.74) is 0. The van der Waals surface area contributed by atoms with Crippen LogP contribution in [-0.4, -0.2) is 100 Å². The number of aliphatic imine (C=N–C) groups is 1. The molecule has 0 aromatic carbocycles. The van der Waals surface area contributed by atoms with Gasteiger partial charge < -0.3 is 20.0 Å². The fraction of sp³-hybridized carbons (Fsp3) is 0.885. The predicted octanol–water partition coefficient (Wildman–Crippen LogP) is 13.7. The molecule has 0 spiro atoms. The van der Waals surface area contributed by atoms with Gasteiger partial charge in [0.1, 0.15) is 0 Å². The molecule has 0 aromatic heterocycles. The van der Waals surface area contributed by atoms with E-state index in [4.69, 9.17) is 4.55 Å². The fourth-order valence-electron chi connectivity index (χ4n) is 7.66. The van der Waals surface area contributed by atoms with Gasteiger partial charge in [-0.3, -0.25) is 9.35 Å². The van der Waals surface area contributed by atoms with Crippen LogP contribution in [0.2, 0.25) is 0 Å². The van der Waals surface area contributed by atoms with Crippen molar-refractivity contribution in [3.63, 3.8) is 0 Å². The summed E-state index contributed by atoms with van der Waals surface area (Å²) in [5, 5.41) is 14.3. The van der Waals surface area contributed by atoms with E-state index >= 15 is 0 Å². The van der Waals surface area contributed by atoms with Crippen molar-refractivity contribution in [3.05, 3.63) is 24.3 Å². The van der Waals surface area contributed by atoms with Crippen LogP contribution in [0.1, 0.15) is 271 Å². The van der Waals surface area contributed by atoms with Crippen LogP contribution >= 0.6 is 0 Å². The summed E-state index contributed by atoms with van der Waals surface area (Å²) in [6.07, 6.45) is 56.6. The molecule has 0 aliphatic heterocycles. The Balaban J connectivity index is -0.00000116. The van der Waals surface area contributed by atoms with E-state index in [9.17, 15) is 31.3 Å². The largest absolute Gasteiger partial charge is 2.00 e. The zero-order valence-corrected chi connectivity index (χ0v) is 46.0. The van der Waals surface area contributed by atoms with Crippen molar-refractivity contribution in [2.24, 2.45) is 4.99 Å². The summed E-state index contributed by atoms with van der Waals surface area (Å²) < 4.78 is 61.2. The first-order valence-corrected chi connectivity index (χ1v) is 29.8. The van der Waals surface area contributed by atoms with Gasteiger partial charge in [0.2, 0.25) is 5.91 Å². The Morgan fingerprint density at radius 3 is 1.14 bits per heavy atom. The zero-order valence-electron chi connectivity index (χ0n) is 42.2. The van der Waals surface area contributed by atoms with Crippen LogP contribution in [0.25, 0.3) is 0 Å². The maximum absolute atomic E-state index is 11.6. The molecular formula is C52H100CaN2O8S2. The van der Waals surface area contributed by atoms with Gasteiger partial charge in [0.05, 0.1) is 15.9 Å². The summed E-state index contributed by atoms with van der Waals surface area (Å²) in [6.45, 7) is 5.25. The monoisotopic (exact) mass is 985 g/mol. The van der Waals surface area contributed by atoms with Gasteiger partial charge >= 0.3 is 37.7 Å². The molecule has 2 N–H and O–H groups in total. The number of amides is 1. The van der Waals surface area contributed by atoms with Crippen LogP contribution in [0.15, 0.2) is 29.3 Å². The van der Waals surface area contributed by atoms with E-state index in [1.165, 1.54) is 212 Å². The van der Waals surface area contributed by atoms with Gasteiger partial charge in [-0.1, -0.05) is 238 Å². The molecule has 0 rings (SSSR count). The van der Waals surface area contributed by atoms with Crippen molar-refractivity contribution in [1.82, 2.24) is 5.32 Å². The fourth-order valence-corrected chi connectivity index (χ4v) is 8.79. The number of carbonyl (C=O) groups excluding carboxylic acids is 1. The van der Waals surface area contributed by atoms with Gasteiger partial charge in [0.15, 0.2) is 0 Å². The topological polar surface area (TPSA) is 176 Å². The van der Waals surface area contributed by atoms with Gasteiger partial charge in [0.25, 0.3) is 10.1 Å². The van der Waals surface area contributed by atoms with Gasteiger partial charge in [-0.05, 0) is 63.3 Å². The van der Waals surface area contributed by atoms with Crippen molar-refractivity contribution >= 4 is 69.8 Å². The van der Waals surface area contributed by atoms with Crippen molar-refractivity contribution in [1.29, 1.82) is 0 Å². The molecule has 0 unspecified atom stereocenters. The molecular weight excluding hydrogens is 885 g/mol. The average Bonchev–Trinajstić information content (AvgIpc) is 3.24. The third kappa shape index (κ3) is 67.8. The van der Waals surface area contributed by atoms with Crippen LogP contribution in [-0.2, 0) is 25.0 Å². The maximum atomic E-state index is 11.6. The quantitative estimate of drug-likeness (QED) is 0.0151. The van der Waals surface area contributed by atoms with E-state index in [1.54, 1.807) is 6.08 Å². The number of nitrogens with one attached hydrogen (secondary N) is 1. The Morgan fingerprint density at radius 1 is 0.477 bits per heavy atom. The normalized spacial score (nSPS) is 12.2. The molecule has 0 aromatic rings.